The molecule has 38 heavy (non-hydrogen) atoms. The number of nitrogens with one attached hydrogen (secondary N) is 4. The van der Waals surface area contributed by atoms with Crippen LogP contribution in [0.1, 0.15) is 44.9 Å². The van der Waals surface area contributed by atoms with Crippen LogP contribution < -0.4 is 16.0 Å². The van der Waals surface area contributed by atoms with Crippen molar-refractivity contribution in [2.75, 3.05) is 5.32 Å². The quantitative estimate of drug-likeness (QED) is 0.325. The predicted octanol–water partition coefficient (Wildman–Crippen LogP) is 4.83. The number of benzene rings is 1. The number of aromatic nitrogens is 3. The summed E-state index contributed by atoms with van der Waals surface area (Å²) in [6.07, 6.45) is 11.4. The van der Waals surface area contributed by atoms with E-state index in [-0.39, 0.29) is 35.9 Å². The van der Waals surface area contributed by atoms with Crippen molar-refractivity contribution in [2.24, 2.45) is 17.8 Å². The minimum Gasteiger partial charge on any atom is -0.360 e. The Labute approximate surface area is 227 Å². The average molecular weight is 533 g/mol. The van der Waals surface area contributed by atoms with Crippen LogP contribution in [0.25, 0.3) is 22.2 Å². The third-order valence-corrected chi connectivity index (χ3v) is 8.93. The Kier molecular flexibility index (Phi) is 6.82. The van der Waals surface area contributed by atoms with E-state index in [0.717, 1.165) is 55.0 Å². The van der Waals surface area contributed by atoms with Crippen LogP contribution in [0.5, 0.6) is 0 Å². The van der Waals surface area contributed by atoms with Gasteiger partial charge in [-0.15, -0.1) is 0 Å². The second kappa shape index (κ2) is 10.4. The van der Waals surface area contributed by atoms with Gasteiger partial charge in [0.05, 0.1) is 16.9 Å². The first-order valence-corrected chi connectivity index (χ1v) is 13.9. The number of carbonyl (C=O) groups excluding carboxylic acids is 2. The Balaban J connectivity index is 1.09. The number of rotatable bonds is 7. The summed E-state index contributed by atoms with van der Waals surface area (Å²) < 4.78 is 0. The highest BCUT2D eigenvalue weighted by Crippen LogP contribution is 2.49. The van der Waals surface area contributed by atoms with E-state index in [4.69, 9.17) is 16.6 Å². The Morgan fingerprint density at radius 1 is 1.05 bits per heavy atom. The maximum atomic E-state index is 13.3. The van der Waals surface area contributed by atoms with Crippen molar-refractivity contribution in [3.63, 3.8) is 0 Å². The lowest BCUT2D eigenvalue weighted by Gasteiger charge is -2.51. The summed E-state index contributed by atoms with van der Waals surface area (Å²) in [5.74, 6) is 1.39. The maximum Gasteiger partial charge on any atom is 0.243 e. The summed E-state index contributed by atoms with van der Waals surface area (Å²) in [6, 6.07) is 8.39. The van der Waals surface area contributed by atoms with Gasteiger partial charge >= 0.3 is 0 Å². The van der Waals surface area contributed by atoms with Crippen molar-refractivity contribution in [2.45, 2.75) is 63.1 Å². The minimum absolute atomic E-state index is 0.0400. The first-order valence-electron chi connectivity index (χ1n) is 13.6. The summed E-state index contributed by atoms with van der Waals surface area (Å²) in [4.78, 5) is 37.6. The van der Waals surface area contributed by atoms with Crippen LogP contribution in [0, 0.1) is 17.8 Å². The van der Waals surface area contributed by atoms with Gasteiger partial charge in [-0.05, 0) is 68.9 Å². The number of para-hydroxylation sites is 1. The minimum atomic E-state index is -0.155. The van der Waals surface area contributed by atoms with E-state index in [2.05, 4.69) is 32.5 Å². The fourth-order valence-electron chi connectivity index (χ4n) is 6.60. The highest BCUT2D eigenvalue weighted by atomic mass is 35.5. The molecule has 2 unspecified atom stereocenters. The molecule has 4 aliphatic rings. The van der Waals surface area contributed by atoms with Crippen LogP contribution in [0.4, 0.5) is 5.95 Å². The SMILES string of the molecule is C=CC(=O)NC1CC(C(=O)N[C@H]2CCC[C@@H](Nc3ncc(Cl)c(-c4c[nH]c5ccccc45)n3)C2)C2CC1C2. The van der Waals surface area contributed by atoms with Gasteiger partial charge in [0.15, 0.2) is 0 Å². The highest BCUT2D eigenvalue weighted by molar-refractivity contribution is 6.33. The Hall–Kier alpha value is -3.39. The van der Waals surface area contributed by atoms with Gasteiger partial charge in [-0.25, -0.2) is 9.97 Å². The molecule has 4 N–H and O–H groups in total. The standard InChI is InChI=1S/C29H33ClN6O2/c1-2-26(37)35-25-13-21(16-10-17(25)11-16)28(38)33-18-6-5-7-19(12-18)34-29-32-15-23(30)27(36-29)22-14-31-24-9-4-3-8-20(22)24/h2-4,8-9,14-19,21,25,31H,1,5-7,10-13H2,(H,33,38)(H,35,37)(H,32,34,36)/t16?,17?,18-,19+,21?,25?/m0/s1. The van der Waals surface area contributed by atoms with E-state index >= 15 is 0 Å². The monoisotopic (exact) mass is 532 g/mol. The topological polar surface area (TPSA) is 112 Å². The number of carbonyl (C=O) groups is 2. The molecule has 3 aromatic rings. The molecule has 0 spiro atoms. The number of amides is 2. The molecule has 2 bridgehead atoms. The van der Waals surface area contributed by atoms with Crippen LogP contribution in [0.3, 0.4) is 0 Å². The Bertz CT molecular complexity index is 1370. The summed E-state index contributed by atoms with van der Waals surface area (Å²) in [6.45, 7) is 3.55. The lowest BCUT2D eigenvalue weighted by Crippen LogP contribution is -2.57. The average Bonchev–Trinajstić information content (AvgIpc) is 3.33. The molecule has 1 aromatic carbocycles. The van der Waals surface area contributed by atoms with Crippen LogP contribution in [0.15, 0.2) is 49.3 Å². The van der Waals surface area contributed by atoms with Crippen molar-refractivity contribution < 1.29 is 9.59 Å². The molecule has 7 rings (SSSR count). The zero-order chi connectivity index (χ0) is 26.2. The van der Waals surface area contributed by atoms with Gasteiger partial charge in [-0.1, -0.05) is 36.4 Å². The van der Waals surface area contributed by atoms with E-state index in [1.807, 2.05) is 30.5 Å². The van der Waals surface area contributed by atoms with E-state index in [0.29, 0.717) is 34.9 Å². The van der Waals surface area contributed by atoms with Crippen molar-refractivity contribution >= 4 is 40.3 Å². The molecule has 4 aliphatic carbocycles. The molecule has 4 fully saturated rings. The lowest BCUT2D eigenvalue weighted by molar-refractivity contribution is -0.135. The van der Waals surface area contributed by atoms with Crippen LogP contribution >= 0.6 is 11.6 Å². The lowest BCUT2D eigenvalue weighted by atomic mass is 9.57. The van der Waals surface area contributed by atoms with Gasteiger partial charge in [0.25, 0.3) is 0 Å². The molecule has 9 heteroatoms. The first-order chi connectivity index (χ1) is 18.5. The maximum absolute atomic E-state index is 13.3. The highest BCUT2D eigenvalue weighted by Gasteiger charge is 2.49. The first kappa shape index (κ1) is 24.9. The van der Waals surface area contributed by atoms with Gasteiger partial charge in [0, 0.05) is 46.7 Å². The molecule has 2 amide bonds. The molecule has 4 saturated carbocycles. The van der Waals surface area contributed by atoms with E-state index in [1.165, 1.54) is 6.08 Å². The van der Waals surface area contributed by atoms with E-state index in [1.54, 1.807) is 6.20 Å². The number of anilines is 1. The molecule has 2 aromatic heterocycles. The summed E-state index contributed by atoms with van der Waals surface area (Å²) in [5.41, 5.74) is 2.66. The third kappa shape index (κ3) is 4.89. The summed E-state index contributed by atoms with van der Waals surface area (Å²) in [7, 11) is 0. The normalized spacial score (nSPS) is 28.2. The number of fused-ring (bicyclic) bond motifs is 3. The van der Waals surface area contributed by atoms with Crippen molar-refractivity contribution in [1.82, 2.24) is 25.6 Å². The zero-order valence-corrected chi connectivity index (χ0v) is 22.0. The second-order valence-corrected chi connectivity index (χ2v) is 11.4. The Morgan fingerprint density at radius 3 is 2.71 bits per heavy atom. The number of hydrogen-bond acceptors (Lipinski definition) is 5. The molecule has 198 valence electrons. The third-order valence-electron chi connectivity index (χ3n) is 8.65. The van der Waals surface area contributed by atoms with E-state index < -0.39 is 0 Å². The molecular formula is C29H33ClN6O2. The number of halogens is 1. The second-order valence-electron chi connectivity index (χ2n) is 11.0. The summed E-state index contributed by atoms with van der Waals surface area (Å²) >= 11 is 6.50. The molecule has 2 heterocycles. The number of aromatic amines is 1. The number of H-pyrrole nitrogens is 1. The van der Waals surface area contributed by atoms with E-state index in [9.17, 15) is 9.59 Å². The molecule has 8 nitrogen and oxygen atoms in total. The Morgan fingerprint density at radius 2 is 1.87 bits per heavy atom. The van der Waals surface area contributed by atoms with Gasteiger partial charge in [-0.2, -0.15) is 0 Å². The smallest absolute Gasteiger partial charge is 0.243 e. The van der Waals surface area contributed by atoms with Crippen molar-refractivity contribution in [3.05, 3.63) is 54.3 Å². The van der Waals surface area contributed by atoms with Gasteiger partial charge in [0.2, 0.25) is 17.8 Å². The number of nitrogens with zero attached hydrogens (tertiary/aromatic N) is 2. The van der Waals surface area contributed by atoms with Crippen molar-refractivity contribution in [3.8, 4) is 11.3 Å². The van der Waals surface area contributed by atoms with Gasteiger partial charge in [0.1, 0.15) is 0 Å². The van der Waals surface area contributed by atoms with Crippen molar-refractivity contribution in [1.29, 1.82) is 0 Å². The predicted molar refractivity (Wildman–Crippen MR) is 149 cm³/mol. The fraction of sp³-hybridized carbons (Fsp3) is 0.448. The zero-order valence-electron chi connectivity index (χ0n) is 21.3. The van der Waals surface area contributed by atoms with Crippen LogP contribution in [-0.2, 0) is 9.59 Å². The molecule has 4 atom stereocenters. The van der Waals surface area contributed by atoms with Crippen LogP contribution in [0.2, 0.25) is 5.02 Å². The molecule has 0 aliphatic heterocycles. The largest absolute Gasteiger partial charge is 0.360 e. The molecular weight excluding hydrogens is 500 g/mol. The molecule has 0 saturated heterocycles. The fourth-order valence-corrected chi connectivity index (χ4v) is 6.79. The van der Waals surface area contributed by atoms with Gasteiger partial charge in [-0.3, -0.25) is 9.59 Å². The summed E-state index contributed by atoms with van der Waals surface area (Å²) in [5, 5.41) is 11.4. The number of hydrogen-bond donors (Lipinski definition) is 4. The molecule has 0 radical (unpaired) electrons. The van der Waals surface area contributed by atoms with Crippen LogP contribution in [-0.4, -0.2) is 44.9 Å². The van der Waals surface area contributed by atoms with Gasteiger partial charge < -0.3 is 20.9 Å².